The Hall–Kier alpha value is -2.40. The van der Waals surface area contributed by atoms with Crippen molar-refractivity contribution in [1.82, 2.24) is 0 Å². The van der Waals surface area contributed by atoms with Crippen LogP contribution in [0.1, 0.15) is 5.69 Å². The van der Waals surface area contributed by atoms with Crippen LogP contribution in [0.3, 0.4) is 0 Å². The molecule has 0 atom stereocenters. The fraction of sp³-hybridized carbons (Fsp3) is 0.167. The Bertz CT molecular complexity index is 940. The van der Waals surface area contributed by atoms with E-state index in [9.17, 15) is 8.42 Å². The van der Waals surface area contributed by atoms with Crippen LogP contribution in [0.4, 0.5) is 0 Å². The van der Waals surface area contributed by atoms with Gasteiger partial charge in [0.1, 0.15) is 5.56 Å². The summed E-state index contributed by atoms with van der Waals surface area (Å²) in [5.41, 5.74) is 3.94. The molecule has 5 heteroatoms. The Balaban J connectivity index is 2.16. The molecular formula is C18H18NO3S+. The minimum absolute atomic E-state index is 0.301. The van der Waals surface area contributed by atoms with Crippen LogP contribution in [0.2, 0.25) is 0 Å². The second kappa shape index (κ2) is 5.66. The summed E-state index contributed by atoms with van der Waals surface area (Å²) in [7, 11) is -1.35. The third-order valence-electron chi connectivity index (χ3n) is 3.90. The van der Waals surface area contributed by atoms with Crippen LogP contribution in [0.15, 0.2) is 64.0 Å². The second-order valence-electron chi connectivity index (χ2n) is 5.54. The fourth-order valence-electron chi connectivity index (χ4n) is 2.57. The van der Waals surface area contributed by atoms with Crippen LogP contribution in [-0.2, 0) is 16.9 Å². The van der Waals surface area contributed by atoms with Crippen LogP contribution in [-0.4, -0.2) is 14.7 Å². The van der Waals surface area contributed by atoms with E-state index in [1.807, 2.05) is 44.3 Å². The third kappa shape index (κ3) is 2.92. The Morgan fingerprint density at radius 2 is 1.52 bits per heavy atom. The Morgan fingerprint density at radius 1 is 0.913 bits per heavy atom. The van der Waals surface area contributed by atoms with Gasteiger partial charge in [-0.1, -0.05) is 30.3 Å². The van der Waals surface area contributed by atoms with Crippen LogP contribution < -0.4 is 4.74 Å². The van der Waals surface area contributed by atoms with E-state index in [0.29, 0.717) is 4.90 Å². The SMILES string of the molecule is Cc1c(-c2ccccc2)c(-c2ccc(S(C)(=O)=O)cc2)o[n+]1C. The molecule has 4 nitrogen and oxygen atoms in total. The lowest BCUT2D eigenvalue weighted by Crippen LogP contribution is -2.27. The van der Waals surface area contributed by atoms with Gasteiger partial charge in [-0.05, 0) is 34.6 Å². The molecule has 118 valence electrons. The number of hydrogen-bond donors (Lipinski definition) is 0. The van der Waals surface area contributed by atoms with Gasteiger partial charge in [0.25, 0.3) is 0 Å². The first-order valence-electron chi connectivity index (χ1n) is 7.24. The average Bonchev–Trinajstić information content (AvgIpc) is 2.83. The minimum atomic E-state index is -3.20. The molecule has 0 bridgehead atoms. The second-order valence-corrected chi connectivity index (χ2v) is 7.56. The summed E-state index contributed by atoms with van der Waals surface area (Å²) in [5.74, 6) is 0.733. The van der Waals surface area contributed by atoms with Gasteiger partial charge in [0.15, 0.2) is 16.9 Å². The molecule has 0 saturated heterocycles. The van der Waals surface area contributed by atoms with Crippen molar-refractivity contribution in [3.63, 3.8) is 0 Å². The first-order valence-corrected chi connectivity index (χ1v) is 9.13. The highest BCUT2D eigenvalue weighted by Crippen LogP contribution is 2.34. The Kier molecular flexibility index (Phi) is 3.82. The highest BCUT2D eigenvalue weighted by atomic mass is 32.2. The van der Waals surface area contributed by atoms with Gasteiger partial charge in [0.05, 0.1) is 4.90 Å². The summed E-state index contributed by atoms with van der Waals surface area (Å²) in [5, 5.41) is 0. The van der Waals surface area contributed by atoms with Gasteiger partial charge < -0.3 is 0 Å². The van der Waals surface area contributed by atoms with Gasteiger partial charge in [-0.15, -0.1) is 0 Å². The highest BCUT2D eigenvalue weighted by Gasteiger charge is 2.24. The van der Waals surface area contributed by atoms with Crippen molar-refractivity contribution in [3.8, 4) is 22.5 Å². The lowest BCUT2D eigenvalue weighted by atomic mass is 10.00. The average molecular weight is 328 g/mol. The zero-order valence-electron chi connectivity index (χ0n) is 13.3. The van der Waals surface area contributed by atoms with Crippen molar-refractivity contribution in [2.24, 2.45) is 7.05 Å². The van der Waals surface area contributed by atoms with Crippen molar-refractivity contribution >= 4 is 9.84 Å². The van der Waals surface area contributed by atoms with Gasteiger partial charge in [-0.25, -0.2) is 12.9 Å². The Morgan fingerprint density at radius 3 is 2.09 bits per heavy atom. The molecule has 1 heterocycles. The van der Waals surface area contributed by atoms with E-state index in [-0.39, 0.29) is 0 Å². The van der Waals surface area contributed by atoms with Crippen molar-refractivity contribution in [3.05, 3.63) is 60.3 Å². The van der Waals surface area contributed by atoms with Gasteiger partial charge >= 0.3 is 0 Å². The maximum absolute atomic E-state index is 11.6. The summed E-state index contributed by atoms with van der Waals surface area (Å²) in [4.78, 5) is 0.301. The summed E-state index contributed by atoms with van der Waals surface area (Å²) < 4.78 is 30.8. The molecule has 0 spiro atoms. The molecule has 0 unspecified atom stereocenters. The van der Waals surface area contributed by atoms with Crippen molar-refractivity contribution in [2.75, 3.05) is 6.26 Å². The Labute approximate surface area is 135 Å². The summed E-state index contributed by atoms with van der Waals surface area (Å²) in [6.45, 7) is 2.00. The van der Waals surface area contributed by atoms with Crippen LogP contribution in [0, 0.1) is 6.92 Å². The highest BCUT2D eigenvalue weighted by molar-refractivity contribution is 7.90. The van der Waals surface area contributed by atoms with Gasteiger partial charge in [0.2, 0.25) is 11.5 Å². The predicted octanol–water partition coefficient (Wildman–Crippen LogP) is 3.15. The molecule has 3 aromatic rings. The molecule has 0 saturated carbocycles. The van der Waals surface area contributed by atoms with Crippen molar-refractivity contribution in [1.29, 1.82) is 0 Å². The number of hydrogen-bond acceptors (Lipinski definition) is 3. The smallest absolute Gasteiger partial charge is 0.236 e. The lowest BCUT2D eigenvalue weighted by Gasteiger charge is -2.02. The molecule has 0 N–H and O–H groups in total. The standard InChI is InChI=1S/C18H18NO3S/c1-13-17(14-7-5-4-6-8-14)18(22-19(13)2)15-9-11-16(12-10-15)23(3,20)21/h4-12H,1-3H3/q+1. The third-order valence-corrected chi connectivity index (χ3v) is 5.03. The molecule has 23 heavy (non-hydrogen) atoms. The first-order chi connectivity index (χ1) is 10.9. The van der Waals surface area contributed by atoms with Crippen LogP contribution in [0.25, 0.3) is 22.5 Å². The van der Waals surface area contributed by atoms with Gasteiger partial charge in [0, 0.05) is 18.7 Å². The molecule has 1 aromatic heterocycles. The van der Waals surface area contributed by atoms with Crippen LogP contribution >= 0.6 is 0 Å². The monoisotopic (exact) mass is 328 g/mol. The molecule has 3 rings (SSSR count). The molecule has 0 fully saturated rings. The number of sulfone groups is 1. The molecule has 2 aromatic carbocycles. The summed E-state index contributed by atoms with van der Waals surface area (Å²) in [6.07, 6.45) is 1.20. The van der Waals surface area contributed by atoms with Gasteiger partial charge in [-0.2, -0.15) is 0 Å². The van der Waals surface area contributed by atoms with E-state index in [2.05, 4.69) is 0 Å². The number of aryl methyl sites for hydroxylation is 1. The zero-order valence-corrected chi connectivity index (χ0v) is 14.1. The molecular weight excluding hydrogens is 310 g/mol. The number of nitrogens with zero attached hydrogens (tertiary/aromatic N) is 1. The van der Waals surface area contributed by atoms with Crippen LogP contribution in [0.5, 0.6) is 0 Å². The number of aromatic nitrogens is 1. The van der Waals surface area contributed by atoms with Gasteiger partial charge in [-0.3, -0.25) is 0 Å². The van der Waals surface area contributed by atoms with E-state index in [1.54, 1.807) is 29.0 Å². The topological polar surface area (TPSA) is 51.2 Å². The zero-order chi connectivity index (χ0) is 16.6. The normalized spacial score (nSPS) is 11.6. The van der Waals surface area contributed by atoms with E-state index >= 15 is 0 Å². The number of rotatable bonds is 3. The largest absolute Gasteiger partial charge is 0.236 e. The first kappa shape index (κ1) is 15.5. The minimum Gasteiger partial charge on any atom is -0.236 e. The molecule has 0 aliphatic rings. The summed E-state index contributed by atoms with van der Waals surface area (Å²) >= 11 is 0. The molecule has 0 radical (unpaired) electrons. The van der Waals surface area contributed by atoms with E-state index < -0.39 is 9.84 Å². The van der Waals surface area contributed by atoms with E-state index in [0.717, 1.165) is 28.1 Å². The molecule has 0 aliphatic heterocycles. The molecule has 0 amide bonds. The van der Waals surface area contributed by atoms with E-state index in [4.69, 9.17) is 4.52 Å². The maximum atomic E-state index is 11.6. The predicted molar refractivity (Wildman–Crippen MR) is 88.6 cm³/mol. The van der Waals surface area contributed by atoms with E-state index in [1.165, 1.54) is 6.26 Å². The molecule has 0 aliphatic carbocycles. The van der Waals surface area contributed by atoms with Crippen molar-refractivity contribution < 1.29 is 17.7 Å². The number of benzene rings is 2. The maximum Gasteiger partial charge on any atom is 0.236 e. The van der Waals surface area contributed by atoms with Crippen molar-refractivity contribution in [2.45, 2.75) is 11.8 Å². The summed E-state index contributed by atoms with van der Waals surface area (Å²) in [6, 6.07) is 16.8. The lowest BCUT2D eigenvalue weighted by molar-refractivity contribution is -0.847. The quantitative estimate of drug-likeness (QED) is 0.694. The fourth-order valence-corrected chi connectivity index (χ4v) is 3.20.